The van der Waals surface area contributed by atoms with Gasteiger partial charge in [-0.1, -0.05) is 32.8 Å². The largest absolute Gasteiger partial charge is 0.314 e. The highest BCUT2D eigenvalue weighted by atomic mass is 19.1. The Morgan fingerprint density at radius 3 is 2.76 bits per heavy atom. The SMILES string of the molecule is CCCC1CCC(NCC)C(Cc2cc(F)ccc2C)C1. The minimum absolute atomic E-state index is 0.100. The number of hydrogen-bond acceptors (Lipinski definition) is 1. The van der Waals surface area contributed by atoms with Crippen LogP contribution in [-0.2, 0) is 6.42 Å². The van der Waals surface area contributed by atoms with Gasteiger partial charge in [0, 0.05) is 6.04 Å². The Hall–Kier alpha value is -0.890. The van der Waals surface area contributed by atoms with Crippen LogP contribution in [0.1, 0.15) is 57.1 Å². The first kappa shape index (κ1) is 16.5. The lowest BCUT2D eigenvalue weighted by molar-refractivity contribution is 0.195. The second-order valence-corrected chi connectivity index (χ2v) is 6.67. The van der Waals surface area contributed by atoms with Gasteiger partial charge in [0.05, 0.1) is 0 Å². The van der Waals surface area contributed by atoms with E-state index >= 15 is 0 Å². The Kier molecular flexibility index (Phi) is 6.22. The van der Waals surface area contributed by atoms with Gasteiger partial charge in [-0.15, -0.1) is 0 Å². The summed E-state index contributed by atoms with van der Waals surface area (Å²) in [5, 5.41) is 3.66. The van der Waals surface area contributed by atoms with E-state index in [9.17, 15) is 4.39 Å². The smallest absolute Gasteiger partial charge is 0.123 e. The van der Waals surface area contributed by atoms with Crippen molar-refractivity contribution in [3.63, 3.8) is 0 Å². The zero-order valence-electron chi connectivity index (χ0n) is 13.8. The molecule has 1 fully saturated rings. The van der Waals surface area contributed by atoms with Gasteiger partial charge in [-0.3, -0.25) is 0 Å². The highest BCUT2D eigenvalue weighted by Gasteiger charge is 2.29. The summed E-state index contributed by atoms with van der Waals surface area (Å²) in [5.41, 5.74) is 2.42. The molecule has 118 valence electrons. The lowest BCUT2D eigenvalue weighted by atomic mass is 9.73. The fourth-order valence-corrected chi connectivity index (χ4v) is 3.93. The zero-order chi connectivity index (χ0) is 15.2. The monoisotopic (exact) mass is 291 g/mol. The molecule has 1 nitrogen and oxygen atoms in total. The summed E-state index contributed by atoms with van der Waals surface area (Å²) in [6.07, 6.45) is 7.56. The van der Waals surface area contributed by atoms with Crippen molar-refractivity contribution in [2.75, 3.05) is 6.54 Å². The Morgan fingerprint density at radius 1 is 1.24 bits per heavy atom. The fourth-order valence-electron chi connectivity index (χ4n) is 3.93. The molecular weight excluding hydrogens is 261 g/mol. The zero-order valence-corrected chi connectivity index (χ0v) is 13.8. The maximum absolute atomic E-state index is 13.5. The van der Waals surface area contributed by atoms with Crippen LogP contribution in [-0.4, -0.2) is 12.6 Å². The molecule has 0 radical (unpaired) electrons. The molecule has 3 unspecified atom stereocenters. The van der Waals surface area contributed by atoms with E-state index in [4.69, 9.17) is 0 Å². The van der Waals surface area contributed by atoms with Crippen molar-refractivity contribution in [1.29, 1.82) is 0 Å². The van der Waals surface area contributed by atoms with Crippen LogP contribution in [0.3, 0.4) is 0 Å². The van der Waals surface area contributed by atoms with E-state index in [0.29, 0.717) is 12.0 Å². The van der Waals surface area contributed by atoms with Crippen LogP contribution in [0.25, 0.3) is 0 Å². The molecule has 1 aliphatic rings. The van der Waals surface area contributed by atoms with Gasteiger partial charge >= 0.3 is 0 Å². The predicted octanol–water partition coefficient (Wildman–Crippen LogP) is 4.87. The lowest BCUT2D eigenvalue weighted by Crippen LogP contribution is -2.41. The van der Waals surface area contributed by atoms with Gasteiger partial charge in [0.15, 0.2) is 0 Å². The van der Waals surface area contributed by atoms with Crippen molar-refractivity contribution >= 4 is 0 Å². The molecule has 21 heavy (non-hydrogen) atoms. The van der Waals surface area contributed by atoms with Gasteiger partial charge in [0.2, 0.25) is 0 Å². The molecule has 0 amide bonds. The number of rotatable bonds is 6. The third-order valence-electron chi connectivity index (χ3n) is 5.05. The fraction of sp³-hybridized carbons (Fsp3) is 0.684. The van der Waals surface area contributed by atoms with Crippen LogP contribution in [0, 0.1) is 24.6 Å². The molecule has 0 aliphatic heterocycles. The number of halogens is 1. The summed E-state index contributed by atoms with van der Waals surface area (Å²) in [6, 6.07) is 5.83. The minimum atomic E-state index is -0.100. The van der Waals surface area contributed by atoms with Gasteiger partial charge in [-0.25, -0.2) is 4.39 Å². The summed E-state index contributed by atoms with van der Waals surface area (Å²) < 4.78 is 13.5. The molecule has 1 aromatic rings. The summed E-state index contributed by atoms with van der Waals surface area (Å²) in [4.78, 5) is 0. The molecule has 1 N–H and O–H groups in total. The predicted molar refractivity (Wildman–Crippen MR) is 88.0 cm³/mol. The molecule has 0 bridgehead atoms. The standard InChI is InChI=1S/C19H30FN/c1-4-6-15-8-10-19(21-5-2)17(11-15)12-16-13-18(20)9-7-14(16)3/h7,9,13,15,17,19,21H,4-6,8,10-12H2,1-3H3. The van der Waals surface area contributed by atoms with Gasteiger partial charge in [-0.2, -0.15) is 0 Å². The van der Waals surface area contributed by atoms with E-state index in [2.05, 4.69) is 26.1 Å². The van der Waals surface area contributed by atoms with E-state index in [1.165, 1.54) is 43.2 Å². The van der Waals surface area contributed by atoms with E-state index in [1.807, 2.05) is 6.07 Å². The molecule has 0 saturated heterocycles. The first-order valence-corrected chi connectivity index (χ1v) is 8.62. The van der Waals surface area contributed by atoms with E-state index in [0.717, 1.165) is 18.9 Å². The van der Waals surface area contributed by atoms with Crippen LogP contribution < -0.4 is 5.32 Å². The van der Waals surface area contributed by atoms with Crippen LogP contribution >= 0.6 is 0 Å². The van der Waals surface area contributed by atoms with Gasteiger partial charge in [0.25, 0.3) is 0 Å². The first-order valence-electron chi connectivity index (χ1n) is 8.62. The number of hydrogen-bond donors (Lipinski definition) is 1. The second-order valence-electron chi connectivity index (χ2n) is 6.67. The minimum Gasteiger partial charge on any atom is -0.314 e. The van der Waals surface area contributed by atoms with Gasteiger partial charge in [-0.05, 0) is 74.2 Å². The Morgan fingerprint density at radius 2 is 2.05 bits per heavy atom. The van der Waals surface area contributed by atoms with E-state index in [-0.39, 0.29) is 5.82 Å². The summed E-state index contributed by atoms with van der Waals surface area (Å²) in [5.74, 6) is 1.41. The van der Waals surface area contributed by atoms with Crippen molar-refractivity contribution in [2.24, 2.45) is 11.8 Å². The Balaban J connectivity index is 2.09. The number of nitrogens with one attached hydrogen (secondary N) is 1. The third-order valence-corrected chi connectivity index (χ3v) is 5.05. The highest BCUT2D eigenvalue weighted by molar-refractivity contribution is 5.27. The molecule has 1 aromatic carbocycles. The Labute approximate surface area is 129 Å². The summed E-state index contributed by atoms with van der Waals surface area (Å²) in [7, 11) is 0. The highest BCUT2D eigenvalue weighted by Crippen LogP contribution is 2.34. The molecule has 0 heterocycles. The van der Waals surface area contributed by atoms with Crippen molar-refractivity contribution in [1.82, 2.24) is 5.32 Å². The molecule has 2 heteroatoms. The summed E-state index contributed by atoms with van der Waals surface area (Å²) in [6.45, 7) is 7.59. The maximum atomic E-state index is 13.5. The average Bonchev–Trinajstić information content (AvgIpc) is 2.46. The molecule has 2 rings (SSSR count). The van der Waals surface area contributed by atoms with E-state index in [1.54, 1.807) is 12.1 Å². The normalized spacial score (nSPS) is 26.0. The van der Waals surface area contributed by atoms with Crippen LogP contribution in [0.2, 0.25) is 0 Å². The van der Waals surface area contributed by atoms with Crippen molar-refractivity contribution in [3.8, 4) is 0 Å². The number of benzene rings is 1. The van der Waals surface area contributed by atoms with Crippen molar-refractivity contribution < 1.29 is 4.39 Å². The molecule has 0 spiro atoms. The summed E-state index contributed by atoms with van der Waals surface area (Å²) >= 11 is 0. The second kappa shape index (κ2) is 7.93. The molecular formula is C19H30FN. The molecule has 1 aliphatic carbocycles. The van der Waals surface area contributed by atoms with E-state index < -0.39 is 0 Å². The third kappa shape index (κ3) is 4.54. The average molecular weight is 291 g/mol. The molecule has 0 aromatic heterocycles. The van der Waals surface area contributed by atoms with Crippen molar-refractivity contribution in [3.05, 3.63) is 35.1 Å². The van der Waals surface area contributed by atoms with Gasteiger partial charge < -0.3 is 5.32 Å². The van der Waals surface area contributed by atoms with Gasteiger partial charge in [0.1, 0.15) is 5.82 Å². The topological polar surface area (TPSA) is 12.0 Å². The van der Waals surface area contributed by atoms with Crippen LogP contribution in [0.5, 0.6) is 0 Å². The quantitative estimate of drug-likeness (QED) is 0.788. The van der Waals surface area contributed by atoms with Crippen LogP contribution in [0.4, 0.5) is 4.39 Å². The Bertz CT molecular complexity index is 443. The lowest BCUT2D eigenvalue weighted by Gasteiger charge is -2.37. The first-order chi connectivity index (χ1) is 10.1. The molecule has 1 saturated carbocycles. The molecule has 3 atom stereocenters. The van der Waals surface area contributed by atoms with Crippen LogP contribution in [0.15, 0.2) is 18.2 Å². The number of aryl methyl sites for hydroxylation is 1. The van der Waals surface area contributed by atoms with Crippen molar-refractivity contribution in [2.45, 2.75) is 65.3 Å². The maximum Gasteiger partial charge on any atom is 0.123 e.